The van der Waals surface area contributed by atoms with Crippen LogP contribution < -0.4 is 0 Å². The molecular formula is C70H44N4S. The average Bonchev–Trinajstić information content (AvgIpc) is 4.28. The van der Waals surface area contributed by atoms with Crippen molar-refractivity contribution in [1.82, 2.24) is 19.5 Å². The third kappa shape index (κ3) is 6.81. The Balaban J connectivity index is 0.925. The Morgan fingerprint density at radius 3 is 1.84 bits per heavy atom. The number of aromatic nitrogens is 4. The van der Waals surface area contributed by atoms with Crippen LogP contribution in [0.5, 0.6) is 0 Å². The van der Waals surface area contributed by atoms with E-state index in [1.807, 2.05) is 36.4 Å². The van der Waals surface area contributed by atoms with E-state index in [1.54, 1.807) is 11.3 Å². The minimum atomic E-state index is -0.481. The first-order valence-electron chi connectivity index (χ1n) is 25.6. The van der Waals surface area contributed by atoms with Crippen LogP contribution in [0.15, 0.2) is 248 Å². The highest BCUT2D eigenvalue weighted by Gasteiger charge is 2.48. The van der Waals surface area contributed by atoms with E-state index in [-0.39, 0.29) is 0 Å². The fourth-order valence-electron chi connectivity index (χ4n) is 12.2. The number of allylic oxidation sites excluding steroid dienone is 4. The SMILES string of the molecule is c1c(-c2cccc3c2C(C2=CC=CCC2)(c2ccccc2)c2ccccc2-3)cc2c3cc(-c4ccc5sc6cccc(-c7nc(-c8ccccc8)nc(-c8ccccc8)n7)c6c5c4)ccc3n(-c3ccccc3)c2c#1. The molecule has 350 valence electrons. The predicted octanol–water partition coefficient (Wildman–Crippen LogP) is 17.9. The van der Waals surface area contributed by atoms with E-state index in [0.717, 1.165) is 79.1 Å². The van der Waals surface area contributed by atoms with Crippen molar-refractivity contribution in [3.8, 4) is 73.2 Å². The van der Waals surface area contributed by atoms with Gasteiger partial charge in [0, 0.05) is 58.9 Å². The molecule has 0 aliphatic heterocycles. The van der Waals surface area contributed by atoms with Gasteiger partial charge in [0.05, 0.1) is 10.9 Å². The highest BCUT2D eigenvalue weighted by atomic mass is 32.1. The van der Waals surface area contributed by atoms with Crippen LogP contribution in [0.4, 0.5) is 0 Å². The van der Waals surface area contributed by atoms with Gasteiger partial charge in [-0.2, -0.15) is 0 Å². The highest BCUT2D eigenvalue weighted by molar-refractivity contribution is 7.26. The van der Waals surface area contributed by atoms with Crippen molar-refractivity contribution in [2.24, 2.45) is 0 Å². The molecule has 3 heterocycles. The minimum absolute atomic E-state index is 0.481. The van der Waals surface area contributed by atoms with E-state index < -0.39 is 5.41 Å². The molecule has 0 N–H and O–H groups in total. The Labute approximate surface area is 438 Å². The number of para-hydroxylation sites is 1. The normalized spacial score (nSPS) is 14.8. The Morgan fingerprint density at radius 1 is 0.467 bits per heavy atom. The van der Waals surface area contributed by atoms with Crippen molar-refractivity contribution in [3.63, 3.8) is 0 Å². The summed E-state index contributed by atoms with van der Waals surface area (Å²) in [5.41, 5.74) is 18.0. The minimum Gasteiger partial charge on any atom is -0.302 e. The molecule has 3 aromatic heterocycles. The maximum atomic E-state index is 5.18. The van der Waals surface area contributed by atoms with Gasteiger partial charge in [-0.05, 0) is 112 Å². The van der Waals surface area contributed by atoms with Crippen LogP contribution in [0.2, 0.25) is 0 Å². The number of fused-ring (bicyclic) bond motifs is 9. The number of thiophene rings is 1. The highest BCUT2D eigenvalue weighted by Crippen LogP contribution is 2.60. The van der Waals surface area contributed by atoms with E-state index in [0.29, 0.717) is 17.5 Å². The molecule has 0 amide bonds. The summed E-state index contributed by atoms with van der Waals surface area (Å²) < 4.78 is 4.74. The molecule has 0 fully saturated rings. The zero-order valence-corrected chi connectivity index (χ0v) is 41.5. The lowest BCUT2D eigenvalue weighted by Gasteiger charge is -2.37. The van der Waals surface area contributed by atoms with Crippen molar-refractivity contribution in [2.75, 3.05) is 0 Å². The summed E-state index contributed by atoms with van der Waals surface area (Å²) in [6, 6.07) is 88.4. The topological polar surface area (TPSA) is 43.6 Å². The summed E-state index contributed by atoms with van der Waals surface area (Å²) in [5.74, 6) is 1.95. The van der Waals surface area contributed by atoms with Gasteiger partial charge >= 0.3 is 0 Å². The smallest absolute Gasteiger partial charge is 0.164 e. The Kier molecular flexibility index (Phi) is 9.98. The maximum absolute atomic E-state index is 5.18. The molecule has 2 aliphatic rings. The van der Waals surface area contributed by atoms with E-state index >= 15 is 0 Å². The van der Waals surface area contributed by atoms with E-state index in [1.165, 1.54) is 53.7 Å². The second-order valence-corrected chi connectivity index (χ2v) is 20.6. The zero-order chi connectivity index (χ0) is 49.5. The lowest BCUT2D eigenvalue weighted by molar-refractivity contribution is 0.694. The van der Waals surface area contributed by atoms with E-state index in [2.05, 4.69) is 223 Å². The van der Waals surface area contributed by atoms with Crippen molar-refractivity contribution in [2.45, 2.75) is 18.3 Å². The molecule has 1 atom stereocenters. The maximum Gasteiger partial charge on any atom is 0.164 e. The molecule has 0 radical (unpaired) electrons. The Bertz CT molecular complexity index is 4400. The monoisotopic (exact) mass is 972 g/mol. The summed E-state index contributed by atoms with van der Waals surface area (Å²) in [5, 5.41) is 4.60. The summed E-state index contributed by atoms with van der Waals surface area (Å²) in [6.45, 7) is 0. The third-order valence-corrected chi connectivity index (χ3v) is 16.6. The second-order valence-electron chi connectivity index (χ2n) is 19.6. The first kappa shape index (κ1) is 43.1. The molecule has 13 aromatic rings. The lowest BCUT2D eigenvalue weighted by Crippen LogP contribution is -2.30. The number of hydrogen-bond donors (Lipinski definition) is 0. The van der Waals surface area contributed by atoms with Crippen LogP contribution in [0.3, 0.4) is 0 Å². The van der Waals surface area contributed by atoms with Crippen LogP contribution in [-0.2, 0) is 5.41 Å². The summed E-state index contributed by atoms with van der Waals surface area (Å²) in [4.78, 5) is 15.4. The third-order valence-electron chi connectivity index (χ3n) is 15.4. The quantitative estimate of drug-likeness (QED) is 0.152. The fourth-order valence-corrected chi connectivity index (χ4v) is 13.3. The van der Waals surface area contributed by atoms with Gasteiger partial charge in [0.1, 0.15) is 5.52 Å². The molecule has 0 saturated heterocycles. The number of benzene rings is 9. The van der Waals surface area contributed by atoms with E-state index in [4.69, 9.17) is 15.0 Å². The standard InChI is InChI=1S/C70H44N4S/c1-6-20-45(21-7-1)67-71-68(46-22-8-2-9-23-46)73-69(72-67)56-33-19-35-64-65(56)59-43-48(38-41-63(59)75-64)47-36-39-61-57(42-47)58-44-49(37-40-62(58)74(61)52-28-14-5-15-29-52)53-31-18-32-55-54-30-16-17-34-60(54)70(66(53)55,50-24-10-3-11-25-50)51-26-12-4-13-27-51/h1-12,14-26,28-36,38-39,41-44H,13,27H2. The van der Waals surface area contributed by atoms with Crippen molar-refractivity contribution >= 4 is 53.3 Å². The molecule has 0 bridgehead atoms. The van der Waals surface area contributed by atoms with Gasteiger partial charge in [0.2, 0.25) is 0 Å². The predicted molar refractivity (Wildman–Crippen MR) is 310 cm³/mol. The molecule has 10 aromatic carbocycles. The molecule has 15 rings (SSSR count). The van der Waals surface area contributed by atoms with Crippen LogP contribution in [-0.4, -0.2) is 19.5 Å². The molecular weight excluding hydrogens is 929 g/mol. The average molecular weight is 973 g/mol. The molecule has 2 aliphatic carbocycles. The van der Waals surface area contributed by atoms with Crippen molar-refractivity contribution < 1.29 is 0 Å². The van der Waals surface area contributed by atoms with Crippen molar-refractivity contribution in [3.05, 3.63) is 277 Å². The van der Waals surface area contributed by atoms with Crippen LogP contribution >= 0.6 is 11.3 Å². The largest absolute Gasteiger partial charge is 0.302 e. The van der Waals surface area contributed by atoms with Gasteiger partial charge in [-0.15, -0.1) is 11.3 Å². The first-order valence-corrected chi connectivity index (χ1v) is 26.5. The number of rotatable bonds is 8. The van der Waals surface area contributed by atoms with Crippen LogP contribution in [0, 0.1) is 12.1 Å². The number of hydrogen-bond acceptors (Lipinski definition) is 4. The summed E-state index contributed by atoms with van der Waals surface area (Å²) >= 11 is 1.80. The van der Waals surface area contributed by atoms with Gasteiger partial charge < -0.3 is 4.57 Å². The fraction of sp³-hybridized carbons (Fsp3) is 0.0429. The second kappa shape index (κ2) is 17.3. The van der Waals surface area contributed by atoms with Gasteiger partial charge in [0.25, 0.3) is 0 Å². The van der Waals surface area contributed by atoms with Crippen LogP contribution in [0.1, 0.15) is 29.5 Å². The first-order chi connectivity index (χ1) is 37.2. The van der Waals surface area contributed by atoms with Crippen LogP contribution in [0.25, 0.3) is 115 Å². The molecule has 5 heteroatoms. The van der Waals surface area contributed by atoms with Gasteiger partial charge in [-0.25, -0.2) is 15.0 Å². The van der Waals surface area contributed by atoms with Gasteiger partial charge in [-0.1, -0.05) is 206 Å². The van der Waals surface area contributed by atoms with Gasteiger partial charge in [-0.3, -0.25) is 0 Å². The number of nitrogens with zero attached hydrogens (tertiary/aromatic N) is 4. The van der Waals surface area contributed by atoms with Crippen molar-refractivity contribution in [1.29, 1.82) is 0 Å². The molecule has 75 heavy (non-hydrogen) atoms. The summed E-state index contributed by atoms with van der Waals surface area (Å²) in [7, 11) is 0. The molecule has 0 saturated carbocycles. The molecule has 4 nitrogen and oxygen atoms in total. The summed E-state index contributed by atoms with van der Waals surface area (Å²) in [6.07, 6.45) is 8.91. The zero-order valence-electron chi connectivity index (χ0n) is 40.7. The molecule has 1 unspecified atom stereocenters. The Hall–Kier alpha value is -9.47. The van der Waals surface area contributed by atoms with E-state index in [9.17, 15) is 0 Å². The molecule has 0 spiro atoms. The van der Waals surface area contributed by atoms with Gasteiger partial charge in [0.15, 0.2) is 17.5 Å². The Morgan fingerprint density at radius 2 is 1.09 bits per heavy atom. The lowest BCUT2D eigenvalue weighted by atomic mass is 9.64.